The van der Waals surface area contributed by atoms with Gasteiger partial charge in [-0.05, 0) is 33.1 Å². The minimum absolute atomic E-state index is 0.0926. The zero-order chi connectivity index (χ0) is 14.3. The van der Waals surface area contributed by atoms with Crippen molar-refractivity contribution in [3.8, 4) is 0 Å². The van der Waals surface area contributed by atoms with E-state index in [2.05, 4.69) is 20.1 Å². The number of nitrogens with one attached hydrogen (secondary N) is 1. The Morgan fingerprint density at radius 2 is 2.30 bits per heavy atom. The normalized spacial score (nSPS) is 21.4. The molecule has 1 aliphatic heterocycles. The topological polar surface area (TPSA) is 92.3 Å². The average Bonchev–Trinajstić information content (AvgIpc) is 2.80. The highest BCUT2D eigenvalue weighted by molar-refractivity contribution is 5.52. The van der Waals surface area contributed by atoms with E-state index < -0.39 is 0 Å². The first-order valence-corrected chi connectivity index (χ1v) is 7.05. The smallest absolute Gasteiger partial charge is 0.349 e. The number of anilines is 1. The largest absolute Gasteiger partial charge is 0.352 e. The van der Waals surface area contributed by atoms with Crippen LogP contribution in [0, 0.1) is 6.92 Å². The van der Waals surface area contributed by atoms with Gasteiger partial charge in [0.1, 0.15) is 11.6 Å². The van der Waals surface area contributed by atoms with Crippen LogP contribution in [0.15, 0.2) is 10.9 Å². The number of nitrogens with two attached hydrogens (primary N) is 1. The third kappa shape index (κ3) is 2.07. The second-order valence-corrected chi connectivity index (χ2v) is 5.50. The SMILES string of the molecule is Cc1nc(N2CCCCC2C(C)N)cc2n[nH]c(=O)n12. The van der Waals surface area contributed by atoms with Crippen LogP contribution in [0.3, 0.4) is 0 Å². The predicted octanol–water partition coefficient (Wildman–Crippen LogP) is 0.432. The van der Waals surface area contributed by atoms with Gasteiger partial charge in [-0.25, -0.2) is 19.3 Å². The van der Waals surface area contributed by atoms with Crippen molar-refractivity contribution in [2.75, 3.05) is 11.4 Å². The second kappa shape index (κ2) is 4.90. The van der Waals surface area contributed by atoms with Crippen LogP contribution in [0.4, 0.5) is 5.82 Å². The molecule has 108 valence electrons. The molecule has 7 heteroatoms. The summed E-state index contributed by atoms with van der Waals surface area (Å²) in [6.45, 7) is 4.80. The predicted molar refractivity (Wildman–Crippen MR) is 77.0 cm³/mol. The summed E-state index contributed by atoms with van der Waals surface area (Å²) in [4.78, 5) is 18.4. The van der Waals surface area contributed by atoms with Crippen molar-refractivity contribution in [1.29, 1.82) is 0 Å². The van der Waals surface area contributed by atoms with Gasteiger partial charge in [-0.1, -0.05) is 0 Å². The zero-order valence-electron chi connectivity index (χ0n) is 11.8. The van der Waals surface area contributed by atoms with Crippen molar-refractivity contribution in [2.45, 2.75) is 45.2 Å². The number of H-pyrrole nitrogens is 1. The van der Waals surface area contributed by atoms with Gasteiger partial charge in [0.25, 0.3) is 0 Å². The maximum absolute atomic E-state index is 11.6. The van der Waals surface area contributed by atoms with Crippen LogP contribution in [0.2, 0.25) is 0 Å². The molecular formula is C13H20N6O. The van der Waals surface area contributed by atoms with Crippen molar-refractivity contribution >= 4 is 11.5 Å². The minimum atomic E-state index is -0.251. The number of hydrogen-bond acceptors (Lipinski definition) is 5. The van der Waals surface area contributed by atoms with E-state index in [1.54, 1.807) is 0 Å². The second-order valence-electron chi connectivity index (χ2n) is 5.50. The molecule has 3 rings (SSSR count). The van der Waals surface area contributed by atoms with Crippen LogP contribution in [0.25, 0.3) is 5.65 Å². The molecule has 0 bridgehead atoms. The van der Waals surface area contributed by atoms with Crippen LogP contribution < -0.4 is 16.3 Å². The lowest BCUT2D eigenvalue weighted by molar-refractivity contribution is 0.410. The van der Waals surface area contributed by atoms with Gasteiger partial charge in [-0.2, -0.15) is 5.10 Å². The first kappa shape index (κ1) is 13.1. The van der Waals surface area contributed by atoms with E-state index in [0.29, 0.717) is 17.5 Å². The van der Waals surface area contributed by atoms with Crippen molar-refractivity contribution in [3.05, 3.63) is 22.4 Å². The van der Waals surface area contributed by atoms with E-state index in [4.69, 9.17) is 5.73 Å². The van der Waals surface area contributed by atoms with E-state index in [1.807, 2.05) is 19.9 Å². The van der Waals surface area contributed by atoms with E-state index in [9.17, 15) is 4.79 Å². The summed E-state index contributed by atoms with van der Waals surface area (Å²) >= 11 is 0. The fourth-order valence-corrected chi connectivity index (χ4v) is 3.02. The van der Waals surface area contributed by atoms with Crippen molar-refractivity contribution in [1.82, 2.24) is 19.6 Å². The number of piperidine rings is 1. The molecule has 1 saturated heterocycles. The number of rotatable bonds is 2. The van der Waals surface area contributed by atoms with E-state index in [-0.39, 0.29) is 11.7 Å². The number of hydrogen-bond donors (Lipinski definition) is 2. The number of aromatic nitrogens is 4. The van der Waals surface area contributed by atoms with Crippen LogP contribution in [0.5, 0.6) is 0 Å². The van der Waals surface area contributed by atoms with Gasteiger partial charge in [0.2, 0.25) is 0 Å². The summed E-state index contributed by atoms with van der Waals surface area (Å²) in [6.07, 6.45) is 3.42. The minimum Gasteiger partial charge on any atom is -0.352 e. The quantitative estimate of drug-likeness (QED) is 0.830. The summed E-state index contributed by atoms with van der Waals surface area (Å²) in [5, 5.41) is 6.49. The van der Waals surface area contributed by atoms with Crippen molar-refractivity contribution in [3.63, 3.8) is 0 Å². The van der Waals surface area contributed by atoms with Crippen LogP contribution in [-0.2, 0) is 0 Å². The summed E-state index contributed by atoms with van der Waals surface area (Å²) in [6, 6.07) is 2.24. The Balaban J connectivity index is 2.06. The molecule has 0 aromatic carbocycles. The average molecular weight is 276 g/mol. The molecule has 0 spiro atoms. The fourth-order valence-electron chi connectivity index (χ4n) is 3.02. The highest BCUT2D eigenvalue weighted by Gasteiger charge is 2.27. The maximum atomic E-state index is 11.6. The van der Waals surface area contributed by atoms with Gasteiger partial charge in [0.15, 0.2) is 5.65 Å². The number of fused-ring (bicyclic) bond motifs is 1. The number of aromatic amines is 1. The summed E-state index contributed by atoms with van der Waals surface area (Å²) in [5.41, 5.74) is 6.46. The van der Waals surface area contributed by atoms with Crippen LogP contribution >= 0.6 is 0 Å². The van der Waals surface area contributed by atoms with Crippen LogP contribution in [0.1, 0.15) is 32.0 Å². The van der Waals surface area contributed by atoms with E-state index in [0.717, 1.165) is 25.2 Å². The standard InChI is InChI=1S/C13H20N6O/c1-8(14)10-5-3-4-6-18(10)11-7-12-16-17-13(20)19(12)9(2)15-11/h7-8,10H,3-6,14H2,1-2H3,(H,17,20). The summed E-state index contributed by atoms with van der Waals surface area (Å²) < 4.78 is 1.48. The van der Waals surface area contributed by atoms with E-state index in [1.165, 1.54) is 10.8 Å². The first-order valence-electron chi connectivity index (χ1n) is 7.05. The van der Waals surface area contributed by atoms with Crippen molar-refractivity contribution < 1.29 is 0 Å². The Labute approximate surface area is 116 Å². The zero-order valence-corrected chi connectivity index (χ0v) is 11.8. The Hall–Kier alpha value is -1.89. The van der Waals surface area contributed by atoms with Crippen LogP contribution in [-0.4, -0.2) is 38.2 Å². The Morgan fingerprint density at radius 1 is 1.50 bits per heavy atom. The molecule has 20 heavy (non-hydrogen) atoms. The number of aryl methyl sites for hydroxylation is 1. The molecule has 3 heterocycles. The van der Waals surface area contributed by atoms with Gasteiger partial charge in [-0.15, -0.1) is 0 Å². The molecule has 0 aliphatic carbocycles. The lowest BCUT2D eigenvalue weighted by atomic mass is 9.97. The third-order valence-corrected chi connectivity index (χ3v) is 4.01. The summed E-state index contributed by atoms with van der Waals surface area (Å²) in [5.74, 6) is 1.50. The Kier molecular flexibility index (Phi) is 3.21. The van der Waals surface area contributed by atoms with Crippen molar-refractivity contribution in [2.24, 2.45) is 5.73 Å². The molecule has 2 atom stereocenters. The molecular weight excluding hydrogens is 256 g/mol. The monoisotopic (exact) mass is 276 g/mol. The summed E-state index contributed by atoms with van der Waals surface area (Å²) in [7, 11) is 0. The molecule has 2 aromatic heterocycles. The molecule has 2 aromatic rings. The highest BCUT2D eigenvalue weighted by Crippen LogP contribution is 2.25. The van der Waals surface area contributed by atoms with Gasteiger partial charge < -0.3 is 10.6 Å². The van der Waals surface area contributed by atoms with Gasteiger partial charge in [0.05, 0.1) is 0 Å². The molecule has 1 aliphatic rings. The fraction of sp³-hybridized carbons (Fsp3) is 0.615. The molecule has 0 amide bonds. The molecule has 7 nitrogen and oxygen atoms in total. The lowest BCUT2D eigenvalue weighted by Crippen LogP contribution is -2.49. The highest BCUT2D eigenvalue weighted by atomic mass is 16.1. The molecule has 0 saturated carbocycles. The van der Waals surface area contributed by atoms with Gasteiger partial charge >= 0.3 is 5.69 Å². The van der Waals surface area contributed by atoms with Gasteiger partial charge in [0, 0.05) is 24.7 Å². The van der Waals surface area contributed by atoms with E-state index >= 15 is 0 Å². The maximum Gasteiger partial charge on any atom is 0.349 e. The lowest BCUT2D eigenvalue weighted by Gasteiger charge is -2.39. The molecule has 2 unspecified atom stereocenters. The number of nitrogens with zero attached hydrogens (tertiary/aromatic N) is 4. The van der Waals surface area contributed by atoms with Gasteiger partial charge in [-0.3, -0.25) is 0 Å². The first-order chi connectivity index (χ1) is 9.58. The third-order valence-electron chi connectivity index (χ3n) is 4.01. The molecule has 3 N–H and O–H groups in total. The Bertz CT molecular complexity index is 673. The molecule has 1 fully saturated rings. The Morgan fingerprint density at radius 3 is 3.05 bits per heavy atom. The molecule has 0 radical (unpaired) electrons.